The molecule has 1 aliphatic heterocycles. The average molecular weight is 274 g/mol. The molecule has 1 aromatic rings. The number of nitrogens with zero attached hydrogens (tertiary/aromatic N) is 1. The molecule has 96 valence electrons. The molecule has 3 nitrogen and oxygen atoms in total. The molecule has 0 radical (unpaired) electrons. The molecule has 4 heteroatoms. The number of fused-ring (bicyclic) bond motifs is 1. The largest absolute Gasteiger partial charge is 0.324 e. The molecule has 2 aliphatic rings. The lowest BCUT2D eigenvalue weighted by Crippen LogP contribution is -2.33. The number of hydrogen-bond donors (Lipinski definition) is 0. The number of rotatable bonds is 2. The van der Waals surface area contributed by atoms with Crippen LogP contribution in [0.25, 0.3) is 0 Å². The molecule has 0 spiro atoms. The van der Waals surface area contributed by atoms with E-state index in [2.05, 4.69) is 0 Å². The first-order chi connectivity index (χ1) is 9.18. The summed E-state index contributed by atoms with van der Waals surface area (Å²) in [5.74, 6) is -1.11. The number of hydrogen-bond acceptors (Lipinski definition) is 2. The number of allylic oxidation sites excluding steroid dienone is 2. The number of carbonyl (C=O) groups excluding carboxylic acids is 2. The molecule has 0 bridgehead atoms. The number of likely N-dealkylation sites (tertiary alicyclic amines) is 1. The van der Waals surface area contributed by atoms with Gasteiger partial charge in [0.05, 0.1) is 12.0 Å². The van der Waals surface area contributed by atoms with E-state index in [1.54, 1.807) is 17.0 Å². The molecule has 1 heterocycles. The van der Waals surface area contributed by atoms with Gasteiger partial charge in [-0.3, -0.25) is 9.59 Å². The Morgan fingerprint density at radius 2 is 1.84 bits per heavy atom. The number of halogens is 1. The third kappa shape index (κ3) is 2.00. The van der Waals surface area contributed by atoms with E-state index in [1.807, 2.05) is 36.4 Å². The zero-order valence-electron chi connectivity index (χ0n) is 10.1. The molecule has 3 rings (SSSR count). The van der Waals surface area contributed by atoms with Crippen molar-refractivity contribution in [3.63, 3.8) is 0 Å². The number of Topliss-reactive ketones (excluding diaryl/α,β-unsaturated/α-hetero) is 1. The van der Waals surface area contributed by atoms with Crippen molar-refractivity contribution in [1.29, 1.82) is 0 Å². The van der Waals surface area contributed by atoms with Gasteiger partial charge in [0.1, 0.15) is 0 Å². The molecule has 1 fully saturated rings. The van der Waals surface area contributed by atoms with E-state index < -0.39 is 5.91 Å². The van der Waals surface area contributed by atoms with Gasteiger partial charge in [-0.15, -0.1) is 0 Å². The Hall–Kier alpha value is -1.87. The first-order valence-corrected chi connectivity index (χ1v) is 6.49. The minimum Gasteiger partial charge on any atom is -0.324 e. The second-order valence-corrected chi connectivity index (χ2v) is 5.08. The lowest BCUT2D eigenvalue weighted by Gasteiger charge is -2.25. The van der Waals surface area contributed by atoms with Crippen LogP contribution < -0.4 is 0 Å². The second kappa shape index (κ2) is 4.67. The first kappa shape index (κ1) is 12.2. The summed E-state index contributed by atoms with van der Waals surface area (Å²) < 4.78 is 0. The van der Waals surface area contributed by atoms with Crippen LogP contribution in [0.2, 0.25) is 5.02 Å². The Balaban J connectivity index is 1.91. The lowest BCUT2D eigenvalue weighted by molar-refractivity contribution is -0.141. The van der Waals surface area contributed by atoms with Crippen LogP contribution >= 0.6 is 11.6 Å². The molecule has 0 aromatic heterocycles. The Kier molecular flexibility index (Phi) is 2.99. The minimum atomic E-state index is -0.425. The van der Waals surface area contributed by atoms with Crippen molar-refractivity contribution in [3.05, 3.63) is 59.2 Å². The van der Waals surface area contributed by atoms with Crippen LogP contribution in [0, 0.1) is 5.92 Å². The monoisotopic (exact) mass is 273 g/mol. The summed E-state index contributed by atoms with van der Waals surface area (Å²) in [5.41, 5.74) is 0.855. The summed E-state index contributed by atoms with van der Waals surface area (Å²) in [6, 6.07) is 7.19. The number of amides is 1. The molecule has 0 N–H and O–H groups in total. The van der Waals surface area contributed by atoms with Crippen LogP contribution in [0.4, 0.5) is 0 Å². The number of carbonyl (C=O) groups is 2. The molecule has 1 aromatic carbocycles. The first-order valence-electron chi connectivity index (χ1n) is 6.11. The van der Waals surface area contributed by atoms with E-state index in [0.29, 0.717) is 11.6 Å². The highest BCUT2D eigenvalue weighted by Crippen LogP contribution is 2.30. The molecule has 1 aliphatic carbocycles. The van der Waals surface area contributed by atoms with Gasteiger partial charge in [0, 0.05) is 11.6 Å². The van der Waals surface area contributed by atoms with Gasteiger partial charge < -0.3 is 4.90 Å². The van der Waals surface area contributed by atoms with Crippen molar-refractivity contribution < 1.29 is 9.59 Å². The van der Waals surface area contributed by atoms with Crippen molar-refractivity contribution >= 4 is 23.3 Å². The minimum absolute atomic E-state index is 0.179. The predicted molar refractivity (Wildman–Crippen MR) is 72.6 cm³/mol. The molecule has 19 heavy (non-hydrogen) atoms. The summed E-state index contributed by atoms with van der Waals surface area (Å²) in [4.78, 5) is 25.6. The SMILES string of the molecule is O=C1C(=O)N(Cc2ccccc2Cl)C2C=CC=CC12. The van der Waals surface area contributed by atoms with Crippen LogP contribution in [-0.2, 0) is 16.1 Å². The van der Waals surface area contributed by atoms with E-state index in [0.717, 1.165) is 5.56 Å². The Morgan fingerprint density at radius 1 is 1.11 bits per heavy atom. The van der Waals surface area contributed by atoms with E-state index in [1.165, 1.54) is 0 Å². The van der Waals surface area contributed by atoms with Crippen molar-refractivity contribution in [2.24, 2.45) is 5.92 Å². The fourth-order valence-corrected chi connectivity index (χ4v) is 2.74. The number of ketones is 1. The molecule has 1 amide bonds. The fourth-order valence-electron chi connectivity index (χ4n) is 2.54. The summed E-state index contributed by atoms with van der Waals surface area (Å²) in [7, 11) is 0. The van der Waals surface area contributed by atoms with Crippen molar-refractivity contribution in [3.8, 4) is 0 Å². The maximum absolute atomic E-state index is 12.1. The molecular weight excluding hydrogens is 262 g/mol. The maximum Gasteiger partial charge on any atom is 0.291 e. The van der Waals surface area contributed by atoms with Gasteiger partial charge >= 0.3 is 0 Å². The van der Waals surface area contributed by atoms with Crippen molar-refractivity contribution in [2.75, 3.05) is 0 Å². The van der Waals surface area contributed by atoms with Crippen LogP contribution in [0.15, 0.2) is 48.6 Å². The highest BCUT2D eigenvalue weighted by molar-refractivity contribution is 6.39. The van der Waals surface area contributed by atoms with E-state index in [4.69, 9.17) is 11.6 Å². The van der Waals surface area contributed by atoms with Gasteiger partial charge in [0.2, 0.25) is 5.78 Å². The van der Waals surface area contributed by atoms with Crippen molar-refractivity contribution in [2.45, 2.75) is 12.6 Å². The molecule has 1 saturated heterocycles. The Morgan fingerprint density at radius 3 is 2.63 bits per heavy atom. The highest BCUT2D eigenvalue weighted by atomic mass is 35.5. The lowest BCUT2D eigenvalue weighted by atomic mass is 9.95. The standard InChI is InChI=1S/C15H12ClNO2/c16-12-7-3-1-5-10(12)9-17-13-8-4-2-6-11(13)14(18)15(17)19/h1-8,11,13H,9H2. The van der Waals surface area contributed by atoms with Gasteiger partial charge in [-0.05, 0) is 11.6 Å². The summed E-state index contributed by atoms with van der Waals surface area (Å²) >= 11 is 6.11. The Bertz CT molecular complexity index is 606. The van der Waals surface area contributed by atoms with E-state index in [9.17, 15) is 9.59 Å². The molecule has 2 atom stereocenters. The molecule has 2 unspecified atom stereocenters. The van der Waals surface area contributed by atoms with Crippen LogP contribution in [-0.4, -0.2) is 22.6 Å². The summed E-state index contributed by atoms with van der Waals surface area (Å²) in [6.07, 6.45) is 7.36. The summed E-state index contributed by atoms with van der Waals surface area (Å²) in [6.45, 7) is 0.365. The predicted octanol–water partition coefficient (Wildman–Crippen LogP) is 2.36. The van der Waals surface area contributed by atoms with E-state index in [-0.39, 0.29) is 17.7 Å². The van der Waals surface area contributed by atoms with Crippen LogP contribution in [0.5, 0.6) is 0 Å². The Labute approximate surface area is 116 Å². The quantitative estimate of drug-likeness (QED) is 0.776. The average Bonchev–Trinajstić information content (AvgIpc) is 2.67. The third-order valence-electron chi connectivity index (χ3n) is 3.54. The van der Waals surface area contributed by atoms with Gasteiger partial charge in [-0.25, -0.2) is 0 Å². The topological polar surface area (TPSA) is 37.4 Å². The maximum atomic E-state index is 12.1. The van der Waals surface area contributed by atoms with Crippen LogP contribution in [0.3, 0.4) is 0 Å². The highest BCUT2D eigenvalue weighted by Gasteiger charge is 2.45. The number of benzene rings is 1. The second-order valence-electron chi connectivity index (χ2n) is 4.67. The fraction of sp³-hybridized carbons (Fsp3) is 0.200. The zero-order valence-corrected chi connectivity index (χ0v) is 10.9. The van der Waals surface area contributed by atoms with Gasteiger partial charge in [0.15, 0.2) is 0 Å². The zero-order chi connectivity index (χ0) is 13.4. The molecular formula is C15H12ClNO2. The van der Waals surface area contributed by atoms with Gasteiger partial charge in [0.25, 0.3) is 5.91 Å². The summed E-state index contributed by atoms with van der Waals surface area (Å²) in [5, 5.41) is 0.613. The van der Waals surface area contributed by atoms with Gasteiger partial charge in [-0.1, -0.05) is 54.1 Å². The molecule has 0 saturated carbocycles. The smallest absolute Gasteiger partial charge is 0.291 e. The third-order valence-corrected chi connectivity index (χ3v) is 3.91. The van der Waals surface area contributed by atoms with E-state index >= 15 is 0 Å². The van der Waals surface area contributed by atoms with Gasteiger partial charge in [-0.2, -0.15) is 0 Å². The van der Waals surface area contributed by atoms with Crippen molar-refractivity contribution in [1.82, 2.24) is 4.90 Å². The van der Waals surface area contributed by atoms with Crippen LogP contribution in [0.1, 0.15) is 5.56 Å². The normalized spacial score (nSPS) is 25.0.